The molecule has 96 valence electrons. The maximum atomic E-state index is 12.8. The highest BCUT2D eigenvalue weighted by Crippen LogP contribution is 2.29. The fraction of sp³-hybridized carbons (Fsp3) is 0.0714. The van der Waals surface area contributed by atoms with Gasteiger partial charge in [0.2, 0.25) is 0 Å². The lowest BCUT2D eigenvalue weighted by Crippen LogP contribution is -1.96. The van der Waals surface area contributed by atoms with Gasteiger partial charge in [-0.3, -0.25) is 0 Å². The Morgan fingerprint density at radius 1 is 1.16 bits per heavy atom. The number of benzene rings is 1. The predicted octanol–water partition coefficient (Wildman–Crippen LogP) is 3.62. The molecule has 0 amide bonds. The van der Waals surface area contributed by atoms with E-state index in [9.17, 15) is 9.50 Å². The van der Waals surface area contributed by atoms with Crippen molar-refractivity contribution in [1.29, 1.82) is 0 Å². The molecule has 0 spiro atoms. The Morgan fingerprint density at radius 3 is 2.63 bits per heavy atom. The lowest BCUT2D eigenvalue weighted by atomic mass is 10.2. The van der Waals surface area contributed by atoms with E-state index in [0.717, 1.165) is 5.56 Å². The number of rotatable bonds is 3. The number of halogens is 1. The molecule has 3 aromatic rings. The van der Waals surface area contributed by atoms with E-state index in [4.69, 9.17) is 4.42 Å². The Morgan fingerprint density at radius 2 is 1.95 bits per heavy atom. The molecule has 2 heterocycles. The normalized spacial score (nSPS) is 12.5. The zero-order valence-corrected chi connectivity index (χ0v) is 10.6. The summed E-state index contributed by atoms with van der Waals surface area (Å²) < 4.78 is 18.4. The summed E-state index contributed by atoms with van der Waals surface area (Å²) in [7, 11) is 0. The summed E-state index contributed by atoms with van der Waals surface area (Å²) in [6.45, 7) is 0. The summed E-state index contributed by atoms with van der Waals surface area (Å²) in [5.74, 6) is 0.721. The summed E-state index contributed by atoms with van der Waals surface area (Å²) in [6, 6.07) is 9.45. The van der Waals surface area contributed by atoms with E-state index in [1.54, 1.807) is 35.8 Å². The van der Waals surface area contributed by atoms with Gasteiger partial charge < -0.3 is 9.52 Å². The van der Waals surface area contributed by atoms with Crippen LogP contribution < -0.4 is 0 Å². The molecule has 0 saturated carbocycles. The van der Waals surface area contributed by atoms with Crippen LogP contribution in [0.3, 0.4) is 0 Å². The fourth-order valence-electron chi connectivity index (χ4n) is 1.76. The molecule has 0 bridgehead atoms. The molecule has 1 unspecified atom stereocenters. The van der Waals surface area contributed by atoms with Crippen LogP contribution >= 0.6 is 11.3 Å². The number of hydrogen-bond donors (Lipinski definition) is 1. The Bertz CT molecular complexity index is 661. The maximum Gasteiger partial charge on any atom is 0.163 e. The second-order valence-corrected chi connectivity index (χ2v) is 4.91. The van der Waals surface area contributed by atoms with E-state index in [-0.39, 0.29) is 5.82 Å². The second-order valence-electron chi connectivity index (χ2n) is 3.98. The molecule has 0 aliphatic heterocycles. The van der Waals surface area contributed by atoms with Gasteiger partial charge in [-0.2, -0.15) is 0 Å². The summed E-state index contributed by atoms with van der Waals surface area (Å²) >= 11 is 1.36. The van der Waals surface area contributed by atoms with E-state index in [1.165, 1.54) is 23.5 Å². The van der Waals surface area contributed by atoms with Gasteiger partial charge in [0, 0.05) is 17.1 Å². The molecule has 0 radical (unpaired) electrons. The highest BCUT2D eigenvalue weighted by molar-refractivity contribution is 7.09. The molecule has 19 heavy (non-hydrogen) atoms. The van der Waals surface area contributed by atoms with Crippen LogP contribution in [0.15, 0.2) is 52.4 Å². The number of aliphatic hydroxyl groups excluding tert-OH is 1. The molecule has 5 heteroatoms. The number of hydrogen-bond acceptors (Lipinski definition) is 4. The Balaban J connectivity index is 1.89. The minimum absolute atomic E-state index is 0.293. The molecular formula is C14H10FNO2S. The van der Waals surface area contributed by atoms with Crippen molar-refractivity contribution in [3.63, 3.8) is 0 Å². The average molecular weight is 275 g/mol. The average Bonchev–Trinajstić information content (AvgIpc) is 3.10. The molecule has 0 aliphatic rings. The highest BCUT2D eigenvalue weighted by Gasteiger charge is 2.17. The van der Waals surface area contributed by atoms with Crippen LogP contribution in [0.25, 0.3) is 11.3 Å². The molecule has 1 N–H and O–H groups in total. The van der Waals surface area contributed by atoms with Gasteiger partial charge in [0.15, 0.2) is 6.10 Å². The first kappa shape index (κ1) is 12.1. The van der Waals surface area contributed by atoms with Crippen molar-refractivity contribution < 1.29 is 13.9 Å². The van der Waals surface area contributed by atoms with Gasteiger partial charge in [0.05, 0.1) is 0 Å². The van der Waals surface area contributed by atoms with Crippen LogP contribution in [0.1, 0.15) is 16.9 Å². The predicted molar refractivity (Wildman–Crippen MR) is 70.3 cm³/mol. The zero-order valence-electron chi connectivity index (χ0n) is 9.79. The topological polar surface area (TPSA) is 46.3 Å². The molecule has 1 aromatic carbocycles. The van der Waals surface area contributed by atoms with Crippen LogP contribution in [0, 0.1) is 5.82 Å². The quantitative estimate of drug-likeness (QED) is 0.794. The minimum atomic E-state index is -0.866. The van der Waals surface area contributed by atoms with E-state index >= 15 is 0 Å². The van der Waals surface area contributed by atoms with Crippen molar-refractivity contribution in [2.75, 3.05) is 0 Å². The van der Waals surface area contributed by atoms with E-state index in [2.05, 4.69) is 4.98 Å². The SMILES string of the molecule is OC(c1ccc(-c2ccc(F)cc2)o1)c1nccs1. The van der Waals surface area contributed by atoms with Gasteiger partial charge in [-0.05, 0) is 36.4 Å². The molecule has 2 aromatic heterocycles. The van der Waals surface area contributed by atoms with Crippen LogP contribution in [0.4, 0.5) is 4.39 Å². The van der Waals surface area contributed by atoms with Gasteiger partial charge in [-0.15, -0.1) is 11.3 Å². The standard InChI is InChI=1S/C14H10FNO2S/c15-10-3-1-9(2-4-10)11-5-6-12(18-11)13(17)14-16-7-8-19-14/h1-8,13,17H. The van der Waals surface area contributed by atoms with Crippen LogP contribution in [-0.2, 0) is 0 Å². The highest BCUT2D eigenvalue weighted by atomic mass is 32.1. The summed E-state index contributed by atoms with van der Waals surface area (Å²) in [5.41, 5.74) is 0.763. The van der Waals surface area contributed by atoms with Gasteiger partial charge >= 0.3 is 0 Å². The largest absolute Gasteiger partial charge is 0.458 e. The monoisotopic (exact) mass is 275 g/mol. The maximum absolute atomic E-state index is 12.8. The molecule has 0 aliphatic carbocycles. The van der Waals surface area contributed by atoms with Gasteiger partial charge in [-0.25, -0.2) is 9.37 Å². The minimum Gasteiger partial charge on any atom is -0.458 e. The van der Waals surface area contributed by atoms with Crippen LogP contribution in [-0.4, -0.2) is 10.1 Å². The van der Waals surface area contributed by atoms with Crippen LogP contribution in [0.2, 0.25) is 0 Å². The smallest absolute Gasteiger partial charge is 0.163 e. The Kier molecular flexibility index (Phi) is 3.15. The Labute approximate surface area is 113 Å². The van der Waals surface area contributed by atoms with Gasteiger partial charge in [0.25, 0.3) is 0 Å². The van der Waals surface area contributed by atoms with Crippen molar-refractivity contribution in [1.82, 2.24) is 4.98 Å². The van der Waals surface area contributed by atoms with Crippen molar-refractivity contribution >= 4 is 11.3 Å². The lowest BCUT2D eigenvalue weighted by Gasteiger charge is -2.03. The molecule has 0 fully saturated rings. The first-order valence-corrected chi connectivity index (χ1v) is 6.55. The van der Waals surface area contributed by atoms with E-state index in [1.807, 2.05) is 0 Å². The van der Waals surface area contributed by atoms with Gasteiger partial charge in [-0.1, -0.05) is 0 Å². The first-order valence-electron chi connectivity index (χ1n) is 5.67. The molecule has 0 saturated heterocycles. The van der Waals surface area contributed by atoms with Crippen molar-refractivity contribution in [3.8, 4) is 11.3 Å². The third kappa shape index (κ3) is 2.43. The fourth-order valence-corrected chi connectivity index (χ4v) is 2.39. The van der Waals surface area contributed by atoms with Crippen molar-refractivity contribution in [3.05, 3.63) is 64.6 Å². The van der Waals surface area contributed by atoms with Gasteiger partial charge in [0.1, 0.15) is 22.3 Å². The third-order valence-corrected chi connectivity index (χ3v) is 3.54. The third-order valence-electron chi connectivity index (χ3n) is 2.71. The molecule has 3 rings (SSSR count). The van der Waals surface area contributed by atoms with E-state index < -0.39 is 6.10 Å². The van der Waals surface area contributed by atoms with Crippen LogP contribution in [0.5, 0.6) is 0 Å². The number of aliphatic hydroxyl groups is 1. The number of nitrogens with zero attached hydrogens (tertiary/aromatic N) is 1. The second kappa shape index (κ2) is 4.95. The van der Waals surface area contributed by atoms with Crippen molar-refractivity contribution in [2.45, 2.75) is 6.10 Å². The van der Waals surface area contributed by atoms with E-state index in [0.29, 0.717) is 16.5 Å². The van der Waals surface area contributed by atoms with Crippen molar-refractivity contribution in [2.24, 2.45) is 0 Å². The number of aromatic nitrogens is 1. The summed E-state index contributed by atoms with van der Waals surface area (Å²) in [4.78, 5) is 4.05. The Hall–Kier alpha value is -1.98. The molecule has 3 nitrogen and oxygen atoms in total. The molecule has 1 atom stereocenters. The zero-order chi connectivity index (χ0) is 13.2. The molecular weight excluding hydrogens is 265 g/mol. The lowest BCUT2D eigenvalue weighted by molar-refractivity contribution is 0.190. The summed E-state index contributed by atoms with van der Waals surface area (Å²) in [6.07, 6.45) is 0.766. The summed E-state index contributed by atoms with van der Waals surface area (Å²) in [5, 5.41) is 12.5. The number of furan rings is 1. The number of thiazole rings is 1. The first-order chi connectivity index (χ1) is 9.24.